The molecule has 1 rings (SSSR count). The van der Waals surface area contributed by atoms with Gasteiger partial charge in [-0.05, 0) is 12.8 Å². The minimum Gasteiger partial charge on any atom is -0.457 e. The van der Waals surface area contributed by atoms with Crippen molar-refractivity contribution in [1.82, 2.24) is 0 Å². The Kier molecular flexibility index (Phi) is 34.4. The normalized spacial score (nSPS) is 22.7. The van der Waals surface area contributed by atoms with Gasteiger partial charge in [0, 0.05) is 13.0 Å². The summed E-state index contributed by atoms with van der Waals surface area (Å²) in [5.41, 5.74) is 0. The number of carbonyl (C=O) groups is 1. The van der Waals surface area contributed by atoms with Crippen molar-refractivity contribution in [3.63, 3.8) is 0 Å². The Morgan fingerprint density at radius 1 is 0.491 bits per heavy atom. The van der Waals surface area contributed by atoms with Gasteiger partial charge in [0.1, 0.15) is 42.7 Å². The van der Waals surface area contributed by atoms with Crippen LogP contribution < -0.4 is 0 Å². The van der Waals surface area contributed by atoms with Crippen LogP contribution in [0.3, 0.4) is 0 Å². The fraction of sp³-hybridized carbons (Fsp3) is 0.977. The van der Waals surface area contributed by atoms with Crippen LogP contribution in [0.4, 0.5) is 0 Å². The first-order chi connectivity index (χ1) is 27.5. The molecule has 13 heteroatoms. The third kappa shape index (κ3) is 28.5. The summed E-state index contributed by atoms with van der Waals surface area (Å²) >= 11 is 0. The molecule has 1 fully saturated rings. The molecule has 12 nitrogen and oxygen atoms in total. The number of hydrogen-bond donors (Lipinski definition) is 6. The van der Waals surface area contributed by atoms with Crippen LogP contribution in [0.5, 0.6) is 0 Å². The molecule has 0 aliphatic heterocycles. The van der Waals surface area contributed by atoms with E-state index in [4.69, 9.17) is 18.5 Å². The van der Waals surface area contributed by atoms with E-state index in [1.807, 2.05) is 0 Å². The molecule has 0 radical (unpaired) electrons. The van der Waals surface area contributed by atoms with Crippen molar-refractivity contribution < 1.29 is 58.3 Å². The van der Waals surface area contributed by atoms with Gasteiger partial charge in [0.2, 0.25) is 0 Å². The third-order valence-corrected chi connectivity index (χ3v) is 12.2. The highest BCUT2D eigenvalue weighted by atomic mass is 31.2. The van der Waals surface area contributed by atoms with Crippen LogP contribution in [-0.4, -0.2) is 98.9 Å². The van der Waals surface area contributed by atoms with E-state index in [1.165, 1.54) is 148 Å². The summed E-state index contributed by atoms with van der Waals surface area (Å²) in [6.45, 7) is 4.26. The second kappa shape index (κ2) is 36.0. The van der Waals surface area contributed by atoms with Gasteiger partial charge in [0.25, 0.3) is 0 Å². The molecule has 6 atom stereocenters. The summed E-state index contributed by atoms with van der Waals surface area (Å²) in [6, 6.07) is 0. The quantitative estimate of drug-likeness (QED) is 0.0195. The molecular formula is C44H87O12P. The average molecular weight is 839 g/mol. The van der Waals surface area contributed by atoms with Crippen LogP contribution in [0.2, 0.25) is 0 Å². The van der Waals surface area contributed by atoms with Crippen molar-refractivity contribution in [2.24, 2.45) is 0 Å². The standard InChI is InChI=1S/C44H87O12P/c1-3-5-7-9-11-13-14-15-16-17-18-19-20-21-22-23-24-26-28-30-32-34-53-35-37(55-38(45)33-31-29-27-25-12-10-8-6-4-2)36-54-57(51,52)56-44-42(49)40(47)39(46)41(48)43(44)50/h37,39-44,46-50H,3-36H2,1-2H3,(H,51,52). The summed E-state index contributed by atoms with van der Waals surface area (Å²) in [7, 11) is -5.00. The first-order valence-electron chi connectivity index (χ1n) is 23.4. The summed E-state index contributed by atoms with van der Waals surface area (Å²) < 4.78 is 34.1. The first kappa shape index (κ1) is 54.4. The highest BCUT2D eigenvalue weighted by Crippen LogP contribution is 2.47. The molecule has 0 amide bonds. The lowest BCUT2D eigenvalue weighted by atomic mass is 9.85. The summed E-state index contributed by atoms with van der Waals surface area (Å²) in [5, 5.41) is 50.1. The van der Waals surface area contributed by atoms with Crippen molar-refractivity contribution in [3.05, 3.63) is 0 Å². The van der Waals surface area contributed by atoms with Gasteiger partial charge < -0.3 is 39.9 Å². The lowest BCUT2D eigenvalue weighted by molar-refractivity contribution is -0.220. The monoisotopic (exact) mass is 839 g/mol. The minimum absolute atomic E-state index is 0.0685. The van der Waals surface area contributed by atoms with Gasteiger partial charge in [-0.15, -0.1) is 0 Å². The number of phosphoric ester groups is 1. The van der Waals surface area contributed by atoms with Crippen molar-refractivity contribution >= 4 is 13.8 Å². The molecule has 0 saturated heterocycles. The van der Waals surface area contributed by atoms with Crippen LogP contribution in [0.15, 0.2) is 0 Å². The lowest BCUT2D eigenvalue weighted by Gasteiger charge is -2.41. The number of esters is 1. The van der Waals surface area contributed by atoms with E-state index in [9.17, 15) is 39.8 Å². The summed E-state index contributed by atoms with van der Waals surface area (Å²) in [5.74, 6) is -0.476. The average Bonchev–Trinajstić information content (AvgIpc) is 3.19. The van der Waals surface area contributed by atoms with Crippen molar-refractivity contribution in [2.75, 3.05) is 19.8 Å². The maximum Gasteiger partial charge on any atom is 0.472 e. The zero-order valence-electron chi connectivity index (χ0n) is 36.2. The summed E-state index contributed by atoms with van der Waals surface area (Å²) in [6.07, 6.45) is 24.8. The summed E-state index contributed by atoms with van der Waals surface area (Å²) in [4.78, 5) is 23.0. The smallest absolute Gasteiger partial charge is 0.457 e. The highest BCUT2D eigenvalue weighted by Gasteiger charge is 2.51. The maximum absolute atomic E-state index is 12.8. The topological polar surface area (TPSA) is 192 Å². The maximum atomic E-state index is 12.8. The van der Waals surface area contributed by atoms with Crippen LogP contribution >= 0.6 is 7.82 Å². The predicted octanol–water partition coefficient (Wildman–Crippen LogP) is 9.37. The van der Waals surface area contributed by atoms with Gasteiger partial charge >= 0.3 is 13.8 Å². The highest BCUT2D eigenvalue weighted by molar-refractivity contribution is 7.47. The predicted molar refractivity (Wildman–Crippen MR) is 226 cm³/mol. The van der Waals surface area contributed by atoms with Crippen molar-refractivity contribution in [2.45, 2.75) is 256 Å². The molecule has 1 aliphatic carbocycles. The Morgan fingerprint density at radius 2 is 0.825 bits per heavy atom. The number of aliphatic hydroxyl groups excluding tert-OH is 5. The molecule has 6 N–H and O–H groups in total. The Bertz CT molecular complexity index is 958. The lowest BCUT2D eigenvalue weighted by Crippen LogP contribution is -2.64. The van der Waals surface area contributed by atoms with Crippen LogP contribution in [0.1, 0.15) is 213 Å². The Balaban J connectivity index is 2.29. The van der Waals surface area contributed by atoms with Gasteiger partial charge in [0.05, 0.1) is 13.2 Å². The third-order valence-electron chi connectivity index (χ3n) is 11.2. The molecular weight excluding hydrogens is 751 g/mol. The number of unbranched alkanes of at least 4 members (excludes halogenated alkanes) is 28. The van der Waals surface area contributed by atoms with Crippen molar-refractivity contribution in [1.29, 1.82) is 0 Å². The molecule has 0 aromatic heterocycles. The van der Waals surface area contributed by atoms with E-state index in [0.29, 0.717) is 13.0 Å². The number of phosphoric acid groups is 1. The fourth-order valence-electron chi connectivity index (χ4n) is 7.47. The number of hydrogen-bond acceptors (Lipinski definition) is 11. The molecule has 0 heterocycles. The zero-order chi connectivity index (χ0) is 42.0. The number of carbonyl (C=O) groups excluding carboxylic acids is 1. The number of ether oxygens (including phenoxy) is 2. The Morgan fingerprint density at radius 3 is 1.21 bits per heavy atom. The number of aliphatic hydroxyl groups is 5. The first-order valence-corrected chi connectivity index (χ1v) is 24.9. The van der Waals surface area contributed by atoms with E-state index in [1.54, 1.807) is 0 Å². The molecule has 0 spiro atoms. The van der Waals surface area contributed by atoms with E-state index in [0.717, 1.165) is 38.5 Å². The van der Waals surface area contributed by atoms with E-state index in [-0.39, 0.29) is 13.0 Å². The van der Waals surface area contributed by atoms with Gasteiger partial charge in [-0.3, -0.25) is 13.8 Å². The minimum atomic E-state index is -5.00. The number of rotatable bonds is 40. The molecule has 57 heavy (non-hydrogen) atoms. The van der Waals surface area contributed by atoms with Gasteiger partial charge in [-0.1, -0.05) is 194 Å². The van der Waals surface area contributed by atoms with Gasteiger partial charge in [-0.2, -0.15) is 0 Å². The largest absolute Gasteiger partial charge is 0.472 e. The zero-order valence-corrected chi connectivity index (χ0v) is 37.1. The Hall–Kier alpha value is -0.660. The van der Waals surface area contributed by atoms with Gasteiger partial charge in [0.15, 0.2) is 0 Å². The molecule has 340 valence electrons. The molecule has 0 bridgehead atoms. The van der Waals surface area contributed by atoms with Crippen LogP contribution in [0, 0.1) is 0 Å². The SMILES string of the molecule is CCCCCCCCCCCCCCCCCCCCCCCOCC(COP(=O)(O)OC1C(O)C(O)C(O)C(O)C1O)OC(=O)CCCCCCCCCCC. The fourth-order valence-corrected chi connectivity index (χ4v) is 8.45. The van der Waals surface area contributed by atoms with Gasteiger partial charge in [-0.25, -0.2) is 4.57 Å². The van der Waals surface area contributed by atoms with Crippen LogP contribution in [-0.2, 0) is 27.9 Å². The second-order valence-corrected chi connectivity index (χ2v) is 18.0. The Labute approximate surface area is 346 Å². The molecule has 1 aliphatic rings. The van der Waals surface area contributed by atoms with E-state index < -0.39 is 63.1 Å². The van der Waals surface area contributed by atoms with Crippen LogP contribution in [0.25, 0.3) is 0 Å². The van der Waals surface area contributed by atoms with Crippen molar-refractivity contribution in [3.8, 4) is 0 Å². The van der Waals surface area contributed by atoms with E-state index in [2.05, 4.69) is 13.8 Å². The molecule has 1 saturated carbocycles. The molecule has 0 aromatic carbocycles. The molecule has 6 unspecified atom stereocenters. The second-order valence-electron chi connectivity index (χ2n) is 16.6. The van der Waals surface area contributed by atoms with E-state index >= 15 is 0 Å². The molecule has 0 aromatic rings.